The number of fused-ring (bicyclic) bond motifs is 8. The Balaban J connectivity index is 1.91. The molecule has 0 aromatic carbocycles. The molecule has 126 valence electrons. The monoisotopic (exact) mass is 466 g/mol. The zero-order chi connectivity index (χ0) is 17.7. The zero-order valence-electron chi connectivity index (χ0n) is 13.4. The summed E-state index contributed by atoms with van der Waals surface area (Å²) in [6.45, 7) is 0. The van der Waals surface area contributed by atoms with E-state index in [4.69, 9.17) is 9.97 Å². The third-order valence-electron chi connectivity index (χ3n) is 4.27. The van der Waals surface area contributed by atoms with Gasteiger partial charge in [0.05, 0.1) is 42.8 Å². The summed E-state index contributed by atoms with van der Waals surface area (Å²) >= 11 is 7.33. The lowest BCUT2D eigenvalue weighted by atomic mass is 10.3. The summed E-state index contributed by atoms with van der Waals surface area (Å²) in [5.74, 6) is 0. The number of nitrogens with zero attached hydrogens (tertiary/aromatic N) is 2. The molecule has 3 aromatic heterocycles. The number of H-pyrrole nitrogens is 2. The summed E-state index contributed by atoms with van der Waals surface area (Å²) in [6.07, 6.45) is 8.03. The van der Waals surface area contributed by atoms with E-state index in [0.717, 1.165) is 53.8 Å². The van der Waals surface area contributed by atoms with Gasteiger partial charge in [-0.2, -0.15) is 0 Å². The van der Waals surface area contributed by atoms with Crippen molar-refractivity contribution in [3.8, 4) is 0 Å². The van der Waals surface area contributed by atoms with Gasteiger partial charge in [0.1, 0.15) is 0 Å². The molecule has 6 heteroatoms. The van der Waals surface area contributed by atoms with E-state index in [-0.39, 0.29) is 0 Å². The zero-order valence-corrected chi connectivity index (χ0v) is 16.6. The average molecular weight is 468 g/mol. The average Bonchev–Trinajstić information content (AvgIpc) is 3.41. The van der Waals surface area contributed by atoms with E-state index in [9.17, 15) is 0 Å². The van der Waals surface area contributed by atoms with Gasteiger partial charge in [0.25, 0.3) is 0 Å². The van der Waals surface area contributed by atoms with Crippen molar-refractivity contribution in [3.05, 3.63) is 68.1 Å². The van der Waals surface area contributed by atoms with Gasteiger partial charge in [-0.1, -0.05) is 0 Å². The molecule has 0 saturated carbocycles. The van der Waals surface area contributed by atoms with Crippen LogP contribution in [0.2, 0.25) is 0 Å². The number of aromatic nitrogens is 4. The molecule has 0 spiro atoms. The molecule has 5 rings (SSSR count). The first-order valence-corrected chi connectivity index (χ1v) is 9.66. The molecule has 0 saturated heterocycles. The molecule has 5 heterocycles. The molecule has 0 aliphatic carbocycles. The molecule has 2 aliphatic heterocycles. The van der Waals surface area contributed by atoms with Gasteiger partial charge < -0.3 is 9.97 Å². The number of rotatable bonds is 0. The van der Waals surface area contributed by atoms with Crippen molar-refractivity contribution >= 4 is 78.2 Å². The number of aromatic amines is 2. The maximum absolute atomic E-state index is 4.70. The van der Waals surface area contributed by atoms with E-state index in [2.05, 4.69) is 41.8 Å². The fourth-order valence-corrected chi connectivity index (χ4v) is 3.91. The minimum absolute atomic E-state index is 0.894. The maximum atomic E-state index is 4.70. The van der Waals surface area contributed by atoms with E-state index in [1.165, 1.54) is 0 Å². The molecule has 2 aliphatic rings. The highest BCUT2D eigenvalue weighted by Gasteiger charge is 2.07. The molecular formula is C20H12Br2N4. The molecule has 0 amide bonds. The quantitative estimate of drug-likeness (QED) is 0.285. The van der Waals surface area contributed by atoms with E-state index in [0.29, 0.717) is 0 Å². The Kier molecular flexibility index (Phi) is 3.69. The Morgan fingerprint density at radius 3 is 1.54 bits per heavy atom. The van der Waals surface area contributed by atoms with Gasteiger partial charge in [0, 0.05) is 11.0 Å². The largest absolute Gasteiger partial charge is 0.354 e. The fourth-order valence-electron chi connectivity index (χ4n) is 3.00. The van der Waals surface area contributed by atoms with Crippen LogP contribution >= 0.6 is 31.9 Å². The van der Waals surface area contributed by atoms with Crippen LogP contribution in [-0.2, 0) is 0 Å². The Morgan fingerprint density at radius 2 is 1.08 bits per heavy atom. The van der Waals surface area contributed by atoms with Crippen molar-refractivity contribution in [2.75, 3.05) is 0 Å². The van der Waals surface area contributed by atoms with Crippen LogP contribution in [0, 0.1) is 0 Å². The first kappa shape index (κ1) is 15.8. The normalized spacial score (nSPS) is 12.7. The molecular weight excluding hydrogens is 456 g/mol. The van der Waals surface area contributed by atoms with E-state index in [1.807, 2.05) is 60.7 Å². The Bertz CT molecular complexity index is 1160. The van der Waals surface area contributed by atoms with Gasteiger partial charge in [-0.3, -0.25) is 0 Å². The molecule has 8 bridgehead atoms. The third-order valence-corrected chi connectivity index (χ3v) is 5.94. The summed E-state index contributed by atoms with van der Waals surface area (Å²) in [5.41, 5.74) is 7.54. The van der Waals surface area contributed by atoms with Crippen molar-refractivity contribution in [1.82, 2.24) is 19.9 Å². The van der Waals surface area contributed by atoms with Crippen LogP contribution in [0.4, 0.5) is 0 Å². The summed E-state index contributed by atoms with van der Waals surface area (Å²) in [6, 6.07) is 12.2. The van der Waals surface area contributed by atoms with Crippen LogP contribution < -0.4 is 0 Å². The van der Waals surface area contributed by atoms with Crippen LogP contribution in [0.3, 0.4) is 0 Å². The van der Waals surface area contributed by atoms with Crippen molar-refractivity contribution in [3.63, 3.8) is 0 Å². The Hall–Kier alpha value is -2.44. The fraction of sp³-hybridized carbons (Fsp3) is 0. The molecule has 0 fully saturated rings. The lowest BCUT2D eigenvalue weighted by Gasteiger charge is -1.92. The summed E-state index contributed by atoms with van der Waals surface area (Å²) in [4.78, 5) is 16.2. The van der Waals surface area contributed by atoms with Gasteiger partial charge in [-0.15, -0.1) is 0 Å². The summed E-state index contributed by atoms with van der Waals surface area (Å²) in [7, 11) is 0. The highest BCUT2D eigenvalue weighted by molar-refractivity contribution is 9.11. The molecule has 4 nitrogen and oxygen atoms in total. The molecule has 0 unspecified atom stereocenters. The maximum Gasteiger partial charge on any atom is 0.0800 e. The smallest absolute Gasteiger partial charge is 0.0800 e. The summed E-state index contributed by atoms with van der Waals surface area (Å²) in [5, 5.41) is 0. The first-order valence-electron chi connectivity index (χ1n) is 8.07. The van der Waals surface area contributed by atoms with Crippen LogP contribution in [0.1, 0.15) is 22.8 Å². The molecule has 3 aromatic rings. The second-order valence-corrected chi connectivity index (χ2v) is 7.67. The highest BCUT2D eigenvalue weighted by atomic mass is 79.9. The number of hydrogen-bond acceptors (Lipinski definition) is 2. The molecule has 0 radical (unpaired) electrons. The minimum atomic E-state index is 0.894. The molecule has 26 heavy (non-hydrogen) atoms. The topological polar surface area (TPSA) is 57.4 Å². The predicted octanol–water partition coefficient (Wildman–Crippen LogP) is 6.18. The highest BCUT2D eigenvalue weighted by Crippen LogP contribution is 2.27. The van der Waals surface area contributed by atoms with Crippen molar-refractivity contribution in [2.45, 2.75) is 0 Å². The van der Waals surface area contributed by atoms with Crippen LogP contribution in [-0.4, -0.2) is 19.9 Å². The molecule has 0 atom stereocenters. The van der Waals surface area contributed by atoms with Gasteiger partial charge in [-0.25, -0.2) is 9.97 Å². The van der Waals surface area contributed by atoms with E-state index in [1.54, 1.807) is 0 Å². The van der Waals surface area contributed by atoms with Gasteiger partial charge >= 0.3 is 0 Å². The lowest BCUT2D eigenvalue weighted by molar-refractivity contribution is 1.30. The SMILES string of the molecule is Brc1c2nc(cc3ccc([nH]3)c(Br)c3nc(cc4ccc1[nH]4)C=C3)C=C2. The van der Waals surface area contributed by atoms with Crippen molar-refractivity contribution in [2.24, 2.45) is 0 Å². The third kappa shape index (κ3) is 2.75. The first-order chi connectivity index (χ1) is 12.7. The van der Waals surface area contributed by atoms with Crippen molar-refractivity contribution in [1.29, 1.82) is 0 Å². The van der Waals surface area contributed by atoms with E-state index < -0.39 is 0 Å². The standard InChI is InChI=1S/C20H12Br2N4/c21-19-15-5-1-11(23-15)9-12-2-6-17(24-12)20(22)18-8-4-14(26-18)10-13-3-7-16(19)25-13/h1-10,23,26H. The van der Waals surface area contributed by atoms with Gasteiger partial charge in [-0.05, 0) is 92.6 Å². The van der Waals surface area contributed by atoms with Crippen LogP contribution in [0.15, 0.2) is 45.3 Å². The predicted molar refractivity (Wildman–Crippen MR) is 114 cm³/mol. The van der Waals surface area contributed by atoms with Crippen LogP contribution in [0.5, 0.6) is 0 Å². The summed E-state index contributed by atoms with van der Waals surface area (Å²) < 4.78 is 1.87. The minimum Gasteiger partial charge on any atom is -0.354 e. The van der Waals surface area contributed by atoms with Gasteiger partial charge in [0.2, 0.25) is 0 Å². The lowest BCUT2D eigenvalue weighted by Crippen LogP contribution is -1.79. The number of nitrogens with one attached hydrogen (secondary N) is 2. The van der Waals surface area contributed by atoms with Crippen LogP contribution in [0.25, 0.3) is 46.4 Å². The molecule has 2 N–H and O–H groups in total. The second kappa shape index (κ2) is 6.07. The Labute approximate surface area is 166 Å². The Morgan fingerprint density at radius 1 is 0.615 bits per heavy atom. The van der Waals surface area contributed by atoms with Gasteiger partial charge in [0.15, 0.2) is 0 Å². The van der Waals surface area contributed by atoms with E-state index >= 15 is 0 Å². The number of halogens is 2. The number of hydrogen-bond donors (Lipinski definition) is 2. The second-order valence-electron chi connectivity index (χ2n) is 6.08. The van der Waals surface area contributed by atoms with Crippen molar-refractivity contribution < 1.29 is 0 Å².